The van der Waals surface area contributed by atoms with Crippen LogP contribution in [0.1, 0.15) is 32.2 Å². The SMILES string of the molecule is CC(O)CCN(C)C(C)c1nc(-c2ccc(Cl)cc2)no1. The van der Waals surface area contributed by atoms with Gasteiger partial charge < -0.3 is 9.63 Å². The van der Waals surface area contributed by atoms with E-state index in [-0.39, 0.29) is 12.1 Å². The van der Waals surface area contributed by atoms with Gasteiger partial charge in [-0.15, -0.1) is 0 Å². The molecule has 0 amide bonds. The lowest BCUT2D eigenvalue weighted by atomic mass is 10.2. The summed E-state index contributed by atoms with van der Waals surface area (Å²) in [5.74, 6) is 1.12. The molecule has 2 unspecified atom stereocenters. The van der Waals surface area contributed by atoms with Gasteiger partial charge in [0.15, 0.2) is 0 Å². The first-order chi connectivity index (χ1) is 9.97. The number of aliphatic hydroxyl groups excluding tert-OH is 1. The zero-order valence-electron chi connectivity index (χ0n) is 12.5. The predicted octanol–water partition coefficient (Wildman–Crippen LogP) is 3.15. The van der Waals surface area contributed by atoms with Crippen LogP contribution in [-0.4, -0.2) is 39.8 Å². The Balaban J connectivity index is 2.06. The molecular formula is C15H20ClN3O2. The van der Waals surface area contributed by atoms with Crippen molar-refractivity contribution >= 4 is 11.6 Å². The third kappa shape index (κ3) is 4.27. The van der Waals surface area contributed by atoms with Gasteiger partial charge >= 0.3 is 0 Å². The van der Waals surface area contributed by atoms with E-state index in [0.717, 1.165) is 12.1 Å². The molecule has 2 atom stereocenters. The highest BCUT2D eigenvalue weighted by atomic mass is 35.5. The monoisotopic (exact) mass is 309 g/mol. The lowest BCUT2D eigenvalue weighted by Crippen LogP contribution is -2.26. The van der Waals surface area contributed by atoms with Crippen molar-refractivity contribution in [1.82, 2.24) is 15.0 Å². The summed E-state index contributed by atoms with van der Waals surface area (Å²) in [6.45, 7) is 4.54. The molecule has 0 radical (unpaired) electrons. The van der Waals surface area contributed by atoms with Gasteiger partial charge in [0.05, 0.1) is 12.1 Å². The highest BCUT2D eigenvalue weighted by Gasteiger charge is 2.19. The number of hydrogen-bond acceptors (Lipinski definition) is 5. The lowest BCUT2D eigenvalue weighted by Gasteiger charge is -2.21. The van der Waals surface area contributed by atoms with Crippen molar-refractivity contribution in [1.29, 1.82) is 0 Å². The van der Waals surface area contributed by atoms with Crippen LogP contribution in [-0.2, 0) is 0 Å². The summed E-state index contributed by atoms with van der Waals surface area (Å²) in [6, 6.07) is 7.31. The van der Waals surface area contributed by atoms with Gasteiger partial charge in [-0.05, 0) is 51.6 Å². The molecule has 1 heterocycles. The van der Waals surface area contributed by atoms with Crippen molar-refractivity contribution < 1.29 is 9.63 Å². The molecule has 0 bridgehead atoms. The average Bonchev–Trinajstić information content (AvgIpc) is 2.94. The lowest BCUT2D eigenvalue weighted by molar-refractivity contribution is 0.143. The molecule has 1 aromatic carbocycles. The fourth-order valence-electron chi connectivity index (χ4n) is 1.89. The Labute approximate surface area is 129 Å². The van der Waals surface area contributed by atoms with E-state index in [1.807, 2.05) is 26.1 Å². The number of nitrogens with zero attached hydrogens (tertiary/aromatic N) is 3. The zero-order chi connectivity index (χ0) is 15.4. The first-order valence-electron chi connectivity index (χ1n) is 6.95. The van der Waals surface area contributed by atoms with Gasteiger partial charge in [0.1, 0.15) is 0 Å². The third-order valence-corrected chi connectivity index (χ3v) is 3.71. The Kier molecular flexibility index (Phi) is 5.33. The number of rotatable bonds is 6. The topological polar surface area (TPSA) is 62.4 Å². The first-order valence-corrected chi connectivity index (χ1v) is 7.33. The molecule has 114 valence electrons. The normalized spacial score (nSPS) is 14.4. The largest absolute Gasteiger partial charge is 0.393 e. The average molecular weight is 310 g/mol. The highest BCUT2D eigenvalue weighted by Crippen LogP contribution is 2.23. The summed E-state index contributed by atoms with van der Waals surface area (Å²) in [5.41, 5.74) is 0.869. The predicted molar refractivity (Wildman–Crippen MR) is 82.1 cm³/mol. The second-order valence-electron chi connectivity index (χ2n) is 5.26. The number of aliphatic hydroxyl groups is 1. The summed E-state index contributed by atoms with van der Waals surface area (Å²) in [4.78, 5) is 6.51. The number of hydrogen-bond donors (Lipinski definition) is 1. The van der Waals surface area contributed by atoms with Crippen molar-refractivity contribution in [3.05, 3.63) is 35.2 Å². The van der Waals surface area contributed by atoms with Gasteiger partial charge in [-0.25, -0.2) is 0 Å². The first kappa shape index (κ1) is 15.9. The number of benzene rings is 1. The Morgan fingerprint density at radius 2 is 1.95 bits per heavy atom. The summed E-state index contributed by atoms with van der Waals surface area (Å²) < 4.78 is 5.34. The van der Waals surface area contributed by atoms with Crippen LogP contribution in [0.4, 0.5) is 0 Å². The molecule has 0 fully saturated rings. The molecule has 0 aliphatic heterocycles. The minimum Gasteiger partial charge on any atom is -0.393 e. The van der Waals surface area contributed by atoms with Gasteiger partial charge in [0.2, 0.25) is 11.7 Å². The van der Waals surface area contributed by atoms with E-state index in [1.54, 1.807) is 19.1 Å². The fourth-order valence-corrected chi connectivity index (χ4v) is 2.02. The van der Waals surface area contributed by atoms with Crippen molar-refractivity contribution in [3.8, 4) is 11.4 Å². The van der Waals surface area contributed by atoms with Gasteiger partial charge in [-0.2, -0.15) is 4.98 Å². The molecule has 1 N–H and O–H groups in total. The second-order valence-corrected chi connectivity index (χ2v) is 5.69. The molecule has 2 aromatic rings. The van der Waals surface area contributed by atoms with E-state index in [9.17, 15) is 5.11 Å². The number of aromatic nitrogens is 2. The Morgan fingerprint density at radius 3 is 2.57 bits per heavy atom. The molecule has 1 aromatic heterocycles. The molecule has 0 aliphatic rings. The van der Waals surface area contributed by atoms with Crippen LogP contribution >= 0.6 is 11.6 Å². The van der Waals surface area contributed by atoms with Crippen LogP contribution in [0.15, 0.2) is 28.8 Å². The van der Waals surface area contributed by atoms with Crippen molar-refractivity contribution in [2.24, 2.45) is 0 Å². The molecule has 0 aliphatic carbocycles. The maximum atomic E-state index is 9.34. The maximum Gasteiger partial charge on any atom is 0.244 e. The van der Waals surface area contributed by atoms with E-state index in [2.05, 4.69) is 15.0 Å². The maximum absolute atomic E-state index is 9.34. The van der Waals surface area contributed by atoms with E-state index in [1.165, 1.54) is 0 Å². The van der Waals surface area contributed by atoms with Gasteiger partial charge in [0.25, 0.3) is 0 Å². The van der Waals surface area contributed by atoms with Crippen LogP contribution in [0.25, 0.3) is 11.4 Å². The number of halogens is 1. The Hall–Kier alpha value is -1.43. The summed E-state index contributed by atoms with van der Waals surface area (Å²) in [7, 11) is 1.97. The minimum atomic E-state index is -0.313. The van der Waals surface area contributed by atoms with Gasteiger partial charge in [-0.1, -0.05) is 16.8 Å². The van der Waals surface area contributed by atoms with Crippen LogP contribution in [0.5, 0.6) is 0 Å². The van der Waals surface area contributed by atoms with E-state index in [4.69, 9.17) is 16.1 Å². The van der Waals surface area contributed by atoms with Crippen molar-refractivity contribution in [3.63, 3.8) is 0 Å². The summed E-state index contributed by atoms with van der Waals surface area (Å²) in [6.07, 6.45) is 0.394. The third-order valence-electron chi connectivity index (χ3n) is 3.46. The Bertz CT molecular complexity index is 569. The fraction of sp³-hybridized carbons (Fsp3) is 0.467. The summed E-state index contributed by atoms with van der Waals surface area (Å²) >= 11 is 5.87. The zero-order valence-corrected chi connectivity index (χ0v) is 13.2. The van der Waals surface area contributed by atoms with Crippen LogP contribution < -0.4 is 0 Å². The van der Waals surface area contributed by atoms with Crippen LogP contribution in [0, 0.1) is 0 Å². The molecular weight excluding hydrogens is 290 g/mol. The van der Waals surface area contributed by atoms with Crippen LogP contribution in [0.3, 0.4) is 0 Å². The Morgan fingerprint density at radius 1 is 1.29 bits per heavy atom. The second kappa shape index (κ2) is 7.02. The minimum absolute atomic E-state index is 0.00250. The quantitative estimate of drug-likeness (QED) is 0.888. The van der Waals surface area contributed by atoms with Crippen LogP contribution in [0.2, 0.25) is 5.02 Å². The van der Waals surface area contributed by atoms with E-state index in [0.29, 0.717) is 23.2 Å². The van der Waals surface area contributed by atoms with Crippen molar-refractivity contribution in [2.75, 3.05) is 13.6 Å². The van der Waals surface area contributed by atoms with Crippen molar-refractivity contribution in [2.45, 2.75) is 32.4 Å². The van der Waals surface area contributed by atoms with Gasteiger partial charge in [-0.3, -0.25) is 4.90 Å². The molecule has 6 heteroatoms. The highest BCUT2D eigenvalue weighted by molar-refractivity contribution is 6.30. The molecule has 2 rings (SSSR count). The van der Waals surface area contributed by atoms with Gasteiger partial charge in [0, 0.05) is 17.1 Å². The van der Waals surface area contributed by atoms with E-state index < -0.39 is 0 Å². The summed E-state index contributed by atoms with van der Waals surface area (Å²) in [5, 5.41) is 14.0. The smallest absolute Gasteiger partial charge is 0.244 e. The molecule has 5 nitrogen and oxygen atoms in total. The standard InChI is InChI=1S/C15H20ClN3O2/c1-10(20)8-9-19(3)11(2)15-17-14(18-21-15)12-4-6-13(16)7-5-12/h4-7,10-11,20H,8-9H2,1-3H3. The molecule has 0 saturated carbocycles. The molecule has 21 heavy (non-hydrogen) atoms. The van der Waals surface area contributed by atoms with E-state index >= 15 is 0 Å². The molecule has 0 saturated heterocycles. The molecule has 0 spiro atoms.